The zero-order valence-electron chi connectivity index (χ0n) is 13.6. The Morgan fingerprint density at radius 1 is 1.16 bits per heavy atom. The summed E-state index contributed by atoms with van der Waals surface area (Å²) in [4.78, 5) is 24.5. The fourth-order valence-corrected chi connectivity index (χ4v) is 2.90. The highest BCUT2D eigenvalue weighted by atomic mass is 35.5. The van der Waals surface area contributed by atoms with Crippen LogP contribution in [0.15, 0.2) is 65.9 Å². The van der Waals surface area contributed by atoms with E-state index >= 15 is 0 Å². The zero-order valence-corrected chi connectivity index (χ0v) is 14.3. The highest BCUT2D eigenvalue weighted by Gasteiger charge is 2.32. The maximum Gasteiger partial charge on any atom is 0.338 e. The molecule has 6 heteroatoms. The van der Waals surface area contributed by atoms with E-state index in [1.165, 1.54) is 0 Å². The number of allylic oxidation sites excluding steroid dienone is 1. The van der Waals surface area contributed by atoms with Crippen molar-refractivity contribution in [1.29, 1.82) is 0 Å². The quantitative estimate of drug-likeness (QED) is 0.820. The molecule has 2 amide bonds. The number of halogens is 1. The van der Waals surface area contributed by atoms with Gasteiger partial charge in [0.1, 0.15) is 6.61 Å². The molecule has 1 aliphatic heterocycles. The Hall–Kier alpha value is -2.79. The second kappa shape index (κ2) is 7.40. The van der Waals surface area contributed by atoms with Crippen molar-refractivity contribution in [3.05, 3.63) is 82.0 Å². The minimum atomic E-state index is -0.615. The maximum atomic E-state index is 12.7. The van der Waals surface area contributed by atoms with Gasteiger partial charge in [0.05, 0.1) is 11.6 Å². The fraction of sp³-hybridized carbons (Fsp3) is 0.158. The molecule has 1 heterocycles. The number of ether oxygens (including phenoxy) is 1. The average Bonchev–Trinajstić information content (AvgIpc) is 2.60. The van der Waals surface area contributed by atoms with Crippen molar-refractivity contribution in [2.24, 2.45) is 0 Å². The molecule has 2 N–H and O–H groups in total. The van der Waals surface area contributed by atoms with Gasteiger partial charge in [0.2, 0.25) is 0 Å². The Kier molecular flexibility index (Phi) is 5.05. The number of hydrogen-bond acceptors (Lipinski definition) is 3. The minimum Gasteiger partial charge on any atom is -0.457 e. The third-order valence-electron chi connectivity index (χ3n) is 3.88. The van der Waals surface area contributed by atoms with Crippen molar-refractivity contribution in [2.75, 3.05) is 0 Å². The molecule has 25 heavy (non-hydrogen) atoms. The Morgan fingerprint density at radius 2 is 1.92 bits per heavy atom. The van der Waals surface area contributed by atoms with Crippen LogP contribution in [0.3, 0.4) is 0 Å². The van der Waals surface area contributed by atoms with Crippen LogP contribution in [0.25, 0.3) is 0 Å². The van der Waals surface area contributed by atoms with Crippen LogP contribution in [0, 0.1) is 0 Å². The van der Waals surface area contributed by atoms with Gasteiger partial charge in [0.25, 0.3) is 0 Å². The normalized spacial score (nSPS) is 16.9. The molecule has 2 aromatic rings. The summed E-state index contributed by atoms with van der Waals surface area (Å²) in [5.74, 6) is -0.487. The molecule has 1 atom stereocenters. The van der Waals surface area contributed by atoms with E-state index in [0.717, 1.165) is 5.56 Å². The van der Waals surface area contributed by atoms with E-state index < -0.39 is 12.0 Å². The highest BCUT2D eigenvalue weighted by molar-refractivity contribution is 6.30. The molecule has 0 saturated heterocycles. The van der Waals surface area contributed by atoms with E-state index in [-0.39, 0.29) is 12.6 Å². The molecular weight excluding hydrogens is 340 g/mol. The first kappa shape index (κ1) is 17.0. The van der Waals surface area contributed by atoms with Crippen LogP contribution in [0.1, 0.15) is 24.1 Å². The van der Waals surface area contributed by atoms with Crippen LogP contribution in [0.2, 0.25) is 5.02 Å². The molecule has 128 valence electrons. The number of carbonyl (C=O) groups excluding carboxylic acids is 2. The second-order valence-corrected chi connectivity index (χ2v) is 6.12. The van der Waals surface area contributed by atoms with Gasteiger partial charge in [-0.3, -0.25) is 0 Å². The lowest BCUT2D eigenvalue weighted by molar-refractivity contribution is -0.140. The molecule has 3 rings (SSSR count). The molecule has 5 nitrogen and oxygen atoms in total. The van der Waals surface area contributed by atoms with Crippen LogP contribution in [-0.4, -0.2) is 12.0 Å². The standard InChI is InChI=1S/C19H17ClN2O3/c1-12-16(18(23)25-11-13-6-3-2-4-7-13)17(22-19(24)21-12)14-8-5-9-15(20)10-14/h2-10,17H,11H2,1H3,(H2,21,22,24). The first-order valence-corrected chi connectivity index (χ1v) is 8.17. The van der Waals surface area contributed by atoms with E-state index in [9.17, 15) is 9.59 Å². The van der Waals surface area contributed by atoms with E-state index in [1.54, 1.807) is 31.2 Å². The molecule has 2 aromatic carbocycles. The Bertz CT molecular complexity index is 834. The molecule has 0 aromatic heterocycles. The molecule has 0 saturated carbocycles. The molecule has 0 bridgehead atoms. The van der Waals surface area contributed by atoms with Gasteiger partial charge in [-0.15, -0.1) is 0 Å². The molecule has 1 aliphatic rings. The number of esters is 1. The van der Waals surface area contributed by atoms with Crippen molar-refractivity contribution in [1.82, 2.24) is 10.6 Å². The second-order valence-electron chi connectivity index (χ2n) is 5.69. The zero-order chi connectivity index (χ0) is 17.8. The SMILES string of the molecule is CC1=C(C(=O)OCc2ccccc2)C(c2cccc(Cl)c2)NC(=O)N1. The summed E-state index contributed by atoms with van der Waals surface area (Å²) in [6.07, 6.45) is 0. The number of nitrogens with one attached hydrogen (secondary N) is 2. The number of rotatable bonds is 4. The first-order chi connectivity index (χ1) is 12.0. The van der Waals surface area contributed by atoms with Gasteiger partial charge < -0.3 is 15.4 Å². The van der Waals surface area contributed by atoms with Crippen molar-refractivity contribution in [2.45, 2.75) is 19.6 Å². The summed E-state index contributed by atoms with van der Waals surface area (Å²) >= 11 is 6.04. The van der Waals surface area contributed by atoms with Gasteiger partial charge >= 0.3 is 12.0 Å². The number of amides is 2. The largest absolute Gasteiger partial charge is 0.457 e. The Morgan fingerprint density at radius 3 is 2.64 bits per heavy atom. The lowest BCUT2D eigenvalue weighted by Crippen LogP contribution is -2.45. The summed E-state index contributed by atoms with van der Waals surface area (Å²) in [5, 5.41) is 5.90. The van der Waals surface area contributed by atoms with Crippen LogP contribution >= 0.6 is 11.6 Å². The lowest BCUT2D eigenvalue weighted by Gasteiger charge is -2.28. The van der Waals surface area contributed by atoms with Gasteiger partial charge in [0.15, 0.2) is 0 Å². The number of hydrogen-bond donors (Lipinski definition) is 2. The van der Waals surface area contributed by atoms with Crippen LogP contribution in [-0.2, 0) is 16.1 Å². The predicted octanol–water partition coefficient (Wildman–Crippen LogP) is 3.71. The Labute approximate surface area is 150 Å². The number of benzene rings is 2. The van der Waals surface area contributed by atoms with Gasteiger partial charge in [-0.2, -0.15) is 0 Å². The van der Waals surface area contributed by atoms with Gasteiger partial charge in [0, 0.05) is 10.7 Å². The summed E-state index contributed by atoms with van der Waals surface area (Å²) in [6.45, 7) is 1.84. The number of urea groups is 1. The van der Waals surface area contributed by atoms with E-state index in [4.69, 9.17) is 16.3 Å². The molecular formula is C19H17ClN2O3. The third kappa shape index (κ3) is 4.00. The van der Waals surface area contributed by atoms with E-state index in [0.29, 0.717) is 21.9 Å². The van der Waals surface area contributed by atoms with E-state index in [2.05, 4.69) is 10.6 Å². The highest BCUT2D eigenvalue weighted by Crippen LogP contribution is 2.29. The van der Waals surface area contributed by atoms with Gasteiger partial charge in [-0.05, 0) is 30.2 Å². The van der Waals surface area contributed by atoms with Crippen molar-refractivity contribution < 1.29 is 14.3 Å². The summed E-state index contributed by atoms with van der Waals surface area (Å²) in [6, 6.07) is 15.5. The first-order valence-electron chi connectivity index (χ1n) is 7.79. The van der Waals surface area contributed by atoms with Crippen LogP contribution in [0.4, 0.5) is 4.79 Å². The Balaban J connectivity index is 1.85. The van der Waals surface area contributed by atoms with Crippen LogP contribution in [0.5, 0.6) is 0 Å². The van der Waals surface area contributed by atoms with Crippen LogP contribution < -0.4 is 10.6 Å². The van der Waals surface area contributed by atoms with E-state index in [1.807, 2.05) is 30.3 Å². The van der Waals surface area contributed by atoms with Gasteiger partial charge in [-0.25, -0.2) is 9.59 Å². The lowest BCUT2D eigenvalue weighted by atomic mass is 9.95. The smallest absolute Gasteiger partial charge is 0.338 e. The summed E-state index contributed by atoms with van der Waals surface area (Å²) < 4.78 is 5.43. The molecule has 0 fully saturated rings. The molecule has 1 unspecified atom stereocenters. The van der Waals surface area contributed by atoms with Crippen molar-refractivity contribution in [3.8, 4) is 0 Å². The third-order valence-corrected chi connectivity index (χ3v) is 4.12. The number of carbonyl (C=O) groups is 2. The topological polar surface area (TPSA) is 67.4 Å². The van der Waals surface area contributed by atoms with Gasteiger partial charge in [-0.1, -0.05) is 54.1 Å². The summed E-state index contributed by atoms with van der Waals surface area (Å²) in [5.41, 5.74) is 2.43. The predicted molar refractivity (Wildman–Crippen MR) is 94.8 cm³/mol. The maximum absolute atomic E-state index is 12.7. The molecule has 0 radical (unpaired) electrons. The average molecular weight is 357 g/mol. The monoisotopic (exact) mass is 356 g/mol. The van der Waals surface area contributed by atoms with Crippen molar-refractivity contribution in [3.63, 3.8) is 0 Å². The minimum absolute atomic E-state index is 0.159. The molecule has 0 spiro atoms. The van der Waals surface area contributed by atoms with Crippen molar-refractivity contribution >= 4 is 23.6 Å². The summed E-state index contributed by atoms with van der Waals surface area (Å²) in [7, 11) is 0. The molecule has 0 aliphatic carbocycles. The fourth-order valence-electron chi connectivity index (χ4n) is 2.70.